The Bertz CT molecular complexity index is 1060. The minimum Gasteiger partial charge on any atom is -0.490 e. The van der Waals surface area contributed by atoms with E-state index in [0.29, 0.717) is 60.7 Å². The number of nitrogens with zero attached hydrogens (tertiary/aromatic N) is 2. The van der Waals surface area contributed by atoms with E-state index in [9.17, 15) is 14.4 Å². The number of hydrazone groups is 1. The standard InChI is InChI=1S/C23H25ClN4O6/c1-2-33-20-12-16(6-7-19(20)34-15-21(29)28-8-10-32-11-9-28)14-25-27-23(31)22(30)26-18-5-3-4-17(24)13-18/h3-7,12-14H,2,8-11,15H2,1H3,(H,26,30)(H,27,31)/b25-14-. The molecule has 0 atom stereocenters. The molecule has 1 heterocycles. The number of halogens is 1. The van der Waals surface area contributed by atoms with Gasteiger partial charge in [0.25, 0.3) is 5.91 Å². The molecule has 0 radical (unpaired) electrons. The summed E-state index contributed by atoms with van der Waals surface area (Å²) in [6, 6.07) is 11.4. The number of benzene rings is 2. The lowest BCUT2D eigenvalue weighted by Crippen LogP contribution is -2.43. The van der Waals surface area contributed by atoms with E-state index < -0.39 is 11.8 Å². The number of amides is 3. The highest BCUT2D eigenvalue weighted by atomic mass is 35.5. The summed E-state index contributed by atoms with van der Waals surface area (Å²) in [4.78, 5) is 37.9. The molecule has 1 fully saturated rings. The summed E-state index contributed by atoms with van der Waals surface area (Å²) in [6.07, 6.45) is 1.36. The van der Waals surface area contributed by atoms with Crippen LogP contribution in [0.25, 0.3) is 0 Å². The Balaban J connectivity index is 1.55. The first kappa shape index (κ1) is 25.0. The van der Waals surface area contributed by atoms with Gasteiger partial charge in [-0.2, -0.15) is 5.10 Å². The Morgan fingerprint density at radius 2 is 1.88 bits per heavy atom. The second-order valence-corrected chi connectivity index (χ2v) is 7.52. The van der Waals surface area contributed by atoms with Crippen LogP contribution in [0.4, 0.5) is 5.69 Å². The topological polar surface area (TPSA) is 119 Å². The Labute approximate surface area is 201 Å². The maximum atomic E-state index is 12.3. The highest BCUT2D eigenvalue weighted by Gasteiger charge is 2.18. The minimum atomic E-state index is -0.942. The molecule has 0 unspecified atom stereocenters. The van der Waals surface area contributed by atoms with Gasteiger partial charge in [0.2, 0.25) is 0 Å². The zero-order valence-corrected chi connectivity index (χ0v) is 19.3. The summed E-state index contributed by atoms with van der Waals surface area (Å²) in [5.41, 5.74) is 3.14. The van der Waals surface area contributed by atoms with E-state index in [0.717, 1.165) is 0 Å². The van der Waals surface area contributed by atoms with Crippen LogP contribution in [-0.2, 0) is 19.1 Å². The molecule has 34 heavy (non-hydrogen) atoms. The highest BCUT2D eigenvalue weighted by Crippen LogP contribution is 2.28. The van der Waals surface area contributed by atoms with Gasteiger partial charge in [-0.3, -0.25) is 14.4 Å². The third-order valence-corrected chi connectivity index (χ3v) is 4.89. The molecule has 0 bridgehead atoms. The van der Waals surface area contributed by atoms with Crippen molar-refractivity contribution in [3.8, 4) is 11.5 Å². The number of hydrogen-bond acceptors (Lipinski definition) is 7. The normalized spacial score (nSPS) is 13.4. The van der Waals surface area contributed by atoms with Crippen molar-refractivity contribution in [3.05, 3.63) is 53.1 Å². The van der Waals surface area contributed by atoms with Crippen LogP contribution in [0, 0.1) is 0 Å². The summed E-state index contributed by atoms with van der Waals surface area (Å²) < 4.78 is 16.5. The van der Waals surface area contributed by atoms with Gasteiger partial charge in [-0.05, 0) is 48.9 Å². The van der Waals surface area contributed by atoms with E-state index in [1.54, 1.807) is 41.3 Å². The maximum Gasteiger partial charge on any atom is 0.329 e. The predicted molar refractivity (Wildman–Crippen MR) is 126 cm³/mol. The molecule has 180 valence electrons. The summed E-state index contributed by atoms with van der Waals surface area (Å²) in [6.45, 7) is 4.20. The van der Waals surface area contributed by atoms with E-state index in [2.05, 4.69) is 15.8 Å². The lowest BCUT2D eigenvalue weighted by Gasteiger charge is -2.26. The molecule has 11 heteroatoms. The second-order valence-electron chi connectivity index (χ2n) is 7.08. The largest absolute Gasteiger partial charge is 0.490 e. The van der Waals surface area contributed by atoms with E-state index >= 15 is 0 Å². The molecule has 0 aliphatic carbocycles. The maximum absolute atomic E-state index is 12.3. The summed E-state index contributed by atoms with van der Waals surface area (Å²) >= 11 is 5.86. The molecule has 0 spiro atoms. The SMILES string of the molecule is CCOc1cc(/C=N\NC(=O)C(=O)Nc2cccc(Cl)c2)ccc1OCC(=O)N1CCOCC1. The van der Waals surface area contributed by atoms with Crippen LogP contribution >= 0.6 is 11.6 Å². The molecule has 3 amide bonds. The number of rotatable bonds is 8. The van der Waals surface area contributed by atoms with Gasteiger partial charge in [0.1, 0.15) is 0 Å². The van der Waals surface area contributed by atoms with Gasteiger partial charge in [-0.1, -0.05) is 17.7 Å². The van der Waals surface area contributed by atoms with Crippen molar-refractivity contribution in [2.45, 2.75) is 6.92 Å². The molecule has 3 rings (SSSR count). The molecule has 2 aromatic carbocycles. The molecule has 1 aliphatic rings. The molecule has 0 aromatic heterocycles. The van der Waals surface area contributed by atoms with E-state index in [4.69, 9.17) is 25.8 Å². The van der Waals surface area contributed by atoms with Crippen molar-refractivity contribution in [1.82, 2.24) is 10.3 Å². The van der Waals surface area contributed by atoms with Crippen molar-refractivity contribution in [2.24, 2.45) is 5.10 Å². The van der Waals surface area contributed by atoms with E-state index in [1.165, 1.54) is 12.3 Å². The van der Waals surface area contributed by atoms with Gasteiger partial charge in [0.15, 0.2) is 18.1 Å². The van der Waals surface area contributed by atoms with E-state index in [-0.39, 0.29) is 12.5 Å². The third kappa shape index (κ3) is 7.46. The zero-order chi connectivity index (χ0) is 24.3. The number of ether oxygens (including phenoxy) is 3. The average molecular weight is 489 g/mol. The van der Waals surface area contributed by atoms with Crippen molar-refractivity contribution in [3.63, 3.8) is 0 Å². The number of carbonyl (C=O) groups excluding carboxylic acids is 3. The fourth-order valence-electron chi connectivity index (χ4n) is 3.01. The van der Waals surface area contributed by atoms with Gasteiger partial charge in [-0.25, -0.2) is 5.43 Å². The summed E-state index contributed by atoms with van der Waals surface area (Å²) in [5, 5.41) is 6.66. The number of nitrogens with one attached hydrogen (secondary N) is 2. The molecule has 1 aliphatic heterocycles. The third-order valence-electron chi connectivity index (χ3n) is 4.65. The smallest absolute Gasteiger partial charge is 0.329 e. The van der Waals surface area contributed by atoms with Gasteiger partial charge >= 0.3 is 11.8 Å². The molecule has 0 saturated carbocycles. The summed E-state index contributed by atoms with van der Waals surface area (Å²) in [5.74, 6) is -1.13. The molecule has 2 N–H and O–H groups in total. The highest BCUT2D eigenvalue weighted by molar-refractivity contribution is 6.39. The Kier molecular flexibility index (Phi) is 9.24. The van der Waals surface area contributed by atoms with Crippen LogP contribution in [0.1, 0.15) is 12.5 Å². The molecule has 10 nitrogen and oxygen atoms in total. The van der Waals surface area contributed by atoms with Crippen molar-refractivity contribution in [2.75, 3.05) is 44.8 Å². The lowest BCUT2D eigenvalue weighted by atomic mass is 10.2. The van der Waals surface area contributed by atoms with Crippen LogP contribution in [-0.4, -0.2) is 68.4 Å². The molecule has 2 aromatic rings. The number of carbonyl (C=O) groups is 3. The number of anilines is 1. The van der Waals surface area contributed by atoms with Gasteiger partial charge in [-0.15, -0.1) is 0 Å². The first-order chi connectivity index (χ1) is 16.5. The van der Waals surface area contributed by atoms with Crippen molar-refractivity contribution >= 4 is 41.2 Å². The quantitative estimate of drug-likeness (QED) is 0.333. The van der Waals surface area contributed by atoms with E-state index in [1.807, 2.05) is 6.92 Å². The molecular weight excluding hydrogens is 464 g/mol. The first-order valence-electron chi connectivity index (χ1n) is 10.6. The average Bonchev–Trinajstić information content (AvgIpc) is 2.84. The van der Waals surface area contributed by atoms with Gasteiger partial charge < -0.3 is 24.4 Å². The summed E-state index contributed by atoms with van der Waals surface area (Å²) in [7, 11) is 0. The van der Waals surface area contributed by atoms with Crippen LogP contribution in [0.3, 0.4) is 0 Å². The van der Waals surface area contributed by atoms with Gasteiger partial charge in [0.05, 0.1) is 26.0 Å². The van der Waals surface area contributed by atoms with Crippen molar-refractivity contribution < 1.29 is 28.6 Å². The van der Waals surface area contributed by atoms with Gasteiger partial charge in [0, 0.05) is 23.8 Å². The first-order valence-corrected chi connectivity index (χ1v) is 11.0. The zero-order valence-electron chi connectivity index (χ0n) is 18.6. The number of hydrogen-bond donors (Lipinski definition) is 2. The minimum absolute atomic E-state index is 0.120. The fourth-order valence-corrected chi connectivity index (χ4v) is 3.20. The van der Waals surface area contributed by atoms with Crippen molar-refractivity contribution in [1.29, 1.82) is 0 Å². The van der Waals surface area contributed by atoms with Crippen LogP contribution < -0.4 is 20.2 Å². The molecule has 1 saturated heterocycles. The predicted octanol–water partition coefficient (Wildman–Crippen LogP) is 2.07. The monoisotopic (exact) mass is 488 g/mol. The van der Waals surface area contributed by atoms with Crippen LogP contribution in [0.2, 0.25) is 5.02 Å². The Hall–Kier alpha value is -3.63. The second kappa shape index (κ2) is 12.6. The Morgan fingerprint density at radius 1 is 1.09 bits per heavy atom. The van der Waals surface area contributed by atoms with Crippen LogP contribution in [0.15, 0.2) is 47.6 Å². The lowest BCUT2D eigenvalue weighted by molar-refractivity contribution is -0.137. The fraction of sp³-hybridized carbons (Fsp3) is 0.304. The Morgan fingerprint density at radius 3 is 2.62 bits per heavy atom. The number of morpholine rings is 1. The molecular formula is C23H25ClN4O6. The van der Waals surface area contributed by atoms with Crippen LogP contribution in [0.5, 0.6) is 11.5 Å².